The minimum absolute atomic E-state index is 0.164. The number of aromatic nitrogens is 1. The van der Waals surface area contributed by atoms with Crippen molar-refractivity contribution in [2.45, 2.75) is 32.2 Å². The van der Waals surface area contributed by atoms with Crippen molar-refractivity contribution in [1.82, 2.24) is 4.57 Å². The van der Waals surface area contributed by atoms with E-state index in [1.165, 1.54) is 6.07 Å². The zero-order valence-electron chi connectivity index (χ0n) is 20.2. The zero-order chi connectivity index (χ0) is 26.0. The minimum atomic E-state index is -3.36. The van der Waals surface area contributed by atoms with Crippen LogP contribution in [0.15, 0.2) is 53.5 Å². The highest BCUT2D eigenvalue weighted by Crippen LogP contribution is 2.38. The summed E-state index contributed by atoms with van der Waals surface area (Å²) in [5.74, 6) is 0.0789. The number of ether oxygens (including phenoxy) is 1. The number of pyridine rings is 1. The van der Waals surface area contributed by atoms with Crippen molar-refractivity contribution in [3.05, 3.63) is 81.5 Å². The van der Waals surface area contributed by atoms with Gasteiger partial charge in [0, 0.05) is 23.0 Å². The number of hydrogen-bond acceptors (Lipinski definition) is 4. The van der Waals surface area contributed by atoms with E-state index in [-0.39, 0.29) is 17.0 Å². The van der Waals surface area contributed by atoms with Crippen LogP contribution in [0.5, 0.6) is 5.75 Å². The van der Waals surface area contributed by atoms with E-state index in [0.29, 0.717) is 22.6 Å². The predicted octanol–water partition coefficient (Wildman–Crippen LogP) is 5.70. The Morgan fingerprint density at radius 1 is 1.11 bits per heavy atom. The fourth-order valence-electron chi connectivity index (χ4n) is 3.67. The third-order valence-corrected chi connectivity index (χ3v) is 6.16. The van der Waals surface area contributed by atoms with Gasteiger partial charge in [-0.05, 0) is 46.9 Å². The Balaban J connectivity index is 2.14. The molecule has 1 aromatic heterocycles. The molecule has 0 radical (unpaired) electrons. The van der Waals surface area contributed by atoms with E-state index < -0.39 is 21.4 Å². The maximum atomic E-state index is 14.3. The molecule has 1 heterocycles. The van der Waals surface area contributed by atoms with E-state index in [1.54, 1.807) is 37.4 Å². The molecule has 6 nitrogen and oxygen atoms in total. The number of sulfonamides is 1. The van der Waals surface area contributed by atoms with Crippen LogP contribution in [0.25, 0.3) is 23.3 Å². The van der Waals surface area contributed by atoms with Crippen molar-refractivity contribution in [1.29, 1.82) is 0 Å². The molecule has 0 aliphatic rings. The van der Waals surface area contributed by atoms with Gasteiger partial charge in [-0.25, -0.2) is 12.8 Å². The van der Waals surface area contributed by atoms with E-state index in [2.05, 4.69) is 4.72 Å². The van der Waals surface area contributed by atoms with Gasteiger partial charge in [-0.15, -0.1) is 11.6 Å². The van der Waals surface area contributed by atoms with E-state index in [4.69, 9.17) is 16.3 Å². The molecule has 1 N–H and O–H groups in total. The Morgan fingerprint density at radius 3 is 2.31 bits per heavy atom. The van der Waals surface area contributed by atoms with Crippen molar-refractivity contribution in [2.75, 3.05) is 18.1 Å². The Bertz CT molecular complexity index is 1420. The minimum Gasteiger partial charge on any atom is -0.496 e. The van der Waals surface area contributed by atoms with Crippen LogP contribution in [-0.2, 0) is 21.4 Å². The molecule has 0 bridgehead atoms. The number of halogens is 2. The van der Waals surface area contributed by atoms with Gasteiger partial charge in [0.2, 0.25) is 10.0 Å². The normalized spacial score (nSPS) is 12.2. The summed E-state index contributed by atoms with van der Waals surface area (Å²) in [5.41, 5.74) is 2.86. The van der Waals surface area contributed by atoms with Crippen LogP contribution >= 0.6 is 11.6 Å². The van der Waals surface area contributed by atoms with Gasteiger partial charge in [-0.3, -0.25) is 14.1 Å². The van der Waals surface area contributed by atoms with Gasteiger partial charge in [0.15, 0.2) is 0 Å². The molecule has 3 aromatic rings. The van der Waals surface area contributed by atoms with Gasteiger partial charge in [0.1, 0.15) is 17.6 Å². The lowest BCUT2D eigenvalue weighted by atomic mass is 9.83. The second-order valence-corrected chi connectivity index (χ2v) is 11.2. The largest absolute Gasteiger partial charge is 0.496 e. The molecule has 0 amide bonds. The summed E-state index contributed by atoms with van der Waals surface area (Å²) in [7, 11) is -1.78. The quantitative estimate of drug-likeness (QED) is 0.321. The summed E-state index contributed by atoms with van der Waals surface area (Å²) < 4.78 is 46.4. The SMILES string of the molecule is COc1c(C=Cc2ccc(NS(C)(=O)=O)cc2)cc(-c2cc(F)cn(CCl)c2=O)cc1C(C)(C)C. The van der Waals surface area contributed by atoms with Crippen LogP contribution in [0.3, 0.4) is 0 Å². The first kappa shape index (κ1) is 26.5. The molecule has 0 atom stereocenters. The molecule has 35 heavy (non-hydrogen) atoms. The molecular formula is C26H28ClFN2O4S. The summed E-state index contributed by atoms with van der Waals surface area (Å²) in [6.45, 7) is 6.08. The highest BCUT2D eigenvalue weighted by Gasteiger charge is 2.23. The topological polar surface area (TPSA) is 77.4 Å². The number of anilines is 1. The number of nitrogens with one attached hydrogen (secondary N) is 1. The van der Waals surface area contributed by atoms with Gasteiger partial charge in [-0.2, -0.15) is 0 Å². The van der Waals surface area contributed by atoms with Gasteiger partial charge in [0.05, 0.1) is 18.9 Å². The van der Waals surface area contributed by atoms with E-state index in [0.717, 1.165) is 28.1 Å². The number of alkyl halides is 1. The first-order valence-electron chi connectivity index (χ1n) is 10.8. The van der Waals surface area contributed by atoms with Crippen molar-refractivity contribution in [3.8, 4) is 16.9 Å². The molecule has 0 spiro atoms. The standard InChI is InChI=1S/C26H28ClFN2O4S/c1-26(2,3)23-13-19(22-14-20(28)15-30(16-27)25(22)31)12-18(24(23)34-4)9-6-17-7-10-21(11-8-17)29-35(5,32)33/h6-15,29H,16H2,1-5H3. The number of hydrogen-bond donors (Lipinski definition) is 1. The van der Waals surface area contributed by atoms with E-state index >= 15 is 0 Å². The predicted molar refractivity (Wildman–Crippen MR) is 141 cm³/mol. The number of nitrogens with zero attached hydrogens (tertiary/aromatic N) is 1. The van der Waals surface area contributed by atoms with Gasteiger partial charge in [-0.1, -0.05) is 45.1 Å². The molecule has 9 heteroatoms. The molecule has 3 rings (SSSR count). The molecule has 0 aliphatic heterocycles. The Kier molecular flexibility index (Phi) is 7.77. The number of benzene rings is 2. The van der Waals surface area contributed by atoms with Gasteiger partial charge >= 0.3 is 0 Å². The molecular weight excluding hydrogens is 491 g/mol. The number of methoxy groups -OCH3 is 1. The molecule has 0 aliphatic carbocycles. The van der Waals surface area contributed by atoms with Crippen molar-refractivity contribution >= 4 is 39.5 Å². The maximum Gasteiger partial charge on any atom is 0.259 e. The van der Waals surface area contributed by atoms with Crippen LogP contribution in [0.4, 0.5) is 10.1 Å². The summed E-state index contributed by atoms with van der Waals surface area (Å²) in [6, 6.07) is 11.5. The molecule has 0 saturated heterocycles. The van der Waals surface area contributed by atoms with E-state index in [1.807, 2.05) is 39.0 Å². The number of rotatable bonds is 7. The first-order chi connectivity index (χ1) is 16.3. The highest BCUT2D eigenvalue weighted by molar-refractivity contribution is 7.92. The second kappa shape index (κ2) is 10.3. The van der Waals surface area contributed by atoms with E-state index in [9.17, 15) is 17.6 Å². The molecule has 0 fully saturated rings. The monoisotopic (exact) mass is 518 g/mol. The summed E-state index contributed by atoms with van der Waals surface area (Å²) >= 11 is 5.84. The molecule has 0 saturated carbocycles. The smallest absolute Gasteiger partial charge is 0.259 e. The Morgan fingerprint density at radius 2 is 1.77 bits per heavy atom. The van der Waals surface area contributed by atoms with Crippen LogP contribution < -0.4 is 15.0 Å². The summed E-state index contributed by atoms with van der Waals surface area (Å²) in [4.78, 5) is 12.9. The molecule has 186 valence electrons. The molecule has 2 aromatic carbocycles. The van der Waals surface area contributed by atoms with Crippen LogP contribution in [0, 0.1) is 5.82 Å². The van der Waals surface area contributed by atoms with Crippen LogP contribution in [0.1, 0.15) is 37.5 Å². The average molecular weight is 519 g/mol. The third kappa shape index (κ3) is 6.52. The van der Waals surface area contributed by atoms with Crippen molar-refractivity contribution in [2.24, 2.45) is 0 Å². The lowest BCUT2D eigenvalue weighted by Crippen LogP contribution is -2.21. The maximum absolute atomic E-state index is 14.3. The Labute approximate surface area is 210 Å². The third-order valence-electron chi connectivity index (χ3n) is 5.29. The zero-order valence-corrected chi connectivity index (χ0v) is 21.8. The van der Waals surface area contributed by atoms with Crippen LogP contribution in [-0.4, -0.2) is 26.4 Å². The van der Waals surface area contributed by atoms with Crippen molar-refractivity contribution in [3.63, 3.8) is 0 Å². The second-order valence-electron chi connectivity index (χ2n) is 9.19. The lowest BCUT2D eigenvalue weighted by Gasteiger charge is -2.25. The average Bonchev–Trinajstić information content (AvgIpc) is 2.77. The summed E-state index contributed by atoms with van der Waals surface area (Å²) in [6.07, 6.45) is 5.86. The fourth-order valence-corrected chi connectivity index (χ4v) is 4.41. The van der Waals surface area contributed by atoms with Crippen LogP contribution in [0.2, 0.25) is 0 Å². The lowest BCUT2D eigenvalue weighted by molar-refractivity contribution is 0.397. The Hall–Kier alpha value is -3.10. The highest BCUT2D eigenvalue weighted by atomic mass is 35.5. The fraction of sp³-hybridized carbons (Fsp3) is 0.269. The first-order valence-corrected chi connectivity index (χ1v) is 13.2. The summed E-state index contributed by atoms with van der Waals surface area (Å²) in [5, 5.41) is 0. The van der Waals surface area contributed by atoms with Gasteiger partial charge < -0.3 is 4.74 Å². The van der Waals surface area contributed by atoms with Gasteiger partial charge in [0.25, 0.3) is 5.56 Å². The van der Waals surface area contributed by atoms with Crippen molar-refractivity contribution < 1.29 is 17.5 Å². The molecule has 0 unspecified atom stereocenters.